The summed E-state index contributed by atoms with van der Waals surface area (Å²) in [6, 6.07) is -0.0359. The van der Waals surface area contributed by atoms with E-state index in [2.05, 4.69) is 5.32 Å². The van der Waals surface area contributed by atoms with Crippen molar-refractivity contribution in [3.63, 3.8) is 0 Å². The van der Waals surface area contributed by atoms with E-state index >= 15 is 0 Å². The van der Waals surface area contributed by atoms with Crippen molar-refractivity contribution in [1.29, 1.82) is 0 Å². The maximum Gasteiger partial charge on any atom is 0.113 e. The summed E-state index contributed by atoms with van der Waals surface area (Å²) in [6.45, 7) is 5.59. The van der Waals surface area contributed by atoms with Crippen molar-refractivity contribution < 1.29 is 4.39 Å². The van der Waals surface area contributed by atoms with Crippen molar-refractivity contribution in [2.24, 2.45) is 0 Å². The van der Waals surface area contributed by atoms with Crippen molar-refractivity contribution in [2.75, 3.05) is 7.05 Å². The normalized spacial score (nSPS) is 18.1. The molecule has 2 atom stereocenters. The fourth-order valence-corrected chi connectivity index (χ4v) is 0.959. The third-order valence-electron chi connectivity index (χ3n) is 1.96. The van der Waals surface area contributed by atoms with Crippen LogP contribution in [-0.2, 0) is 0 Å². The lowest BCUT2D eigenvalue weighted by Crippen LogP contribution is -2.33. The molecule has 0 bridgehead atoms. The lowest BCUT2D eigenvalue weighted by atomic mass is 10.0. The molecule has 11 heavy (non-hydrogen) atoms. The summed E-state index contributed by atoms with van der Waals surface area (Å²) in [4.78, 5) is 0. The molecule has 2 unspecified atom stereocenters. The zero-order valence-corrected chi connectivity index (χ0v) is 7.82. The van der Waals surface area contributed by atoms with Gasteiger partial charge >= 0.3 is 0 Å². The van der Waals surface area contributed by atoms with Gasteiger partial charge in [-0.05, 0) is 34.2 Å². The summed E-state index contributed by atoms with van der Waals surface area (Å²) in [5.74, 6) is 0. The molecule has 0 saturated carbocycles. The highest BCUT2D eigenvalue weighted by Gasteiger charge is 2.13. The molecule has 0 amide bonds. The molecule has 0 aliphatic carbocycles. The van der Waals surface area contributed by atoms with Gasteiger partial charge in [0.15, 0.2) is 0 Å². The van der Waals surface area contributed by atoms with E-state index in [4.69, 9.17) is 0 Å². The highest BCUT2D eigenvalue weighted by molar-refractivity contribution is 4.99. The van der Waals surface area contributed by atoms with Gasteiger partial charge < -0.3 is 5.32 Å². The molecule has 0 spiro atoms. The Morgan fingerprint density at radius 3 is 2.45 bits per heavy atom. The van der Waals surface area contributed by atoms with Crippen LogP contribution in [0.2, 0.25) is 0 Å². The summed E-state index contributed by atoms with van der Waals surface area (Å²) >= 11 is 0. The first-order valence-corrected chi connectivity index (χ1v) is 4.05. The Balaban J connectivity index is 3.88. The van der Waals surface area contributed by atoms with E-state index in [1.54, 1.807) is 14.0 Å². The topological polar surface area (TPSA) is 12.0 Å². The van der Waals surface area contributed by atoms with Gasteiger partial charge in [-0.25, -0.2) is 4.39 Å². The first-order valence-electron chi connectivity index (χ1n) is 4.05. The summed E-state index contributed by atoms with van der Waals surface area (Å²) in [5, 5.41) is 2.95. The van der Waals surface area contributed by atoms with E-state index in [0.717, 1.165) is 6.42 Å². The molecular formula is C9H18FN. The third kappa shape index (κ3) is 4.14. The molecule has 2 heteroatoms. The van der Waals surface area contributed by atoms with Gasteiger partial charge in [-0.1, -0.05) is 11.6 Å². The van der Waals surface area contributed by atoms with Gasteiger partial charge in [0.25, 0.3) is 0 Å². The van der Waals surface area contributed by atoms with E-state index in [9.17, 15) is 4.39 Å². The molecule has 0 aromatic carbocycles. The fraction of sp³-hybridized carbons (Fsp3) is 0.778. The lowest BCUT2D eigenvalue weighted by Gasteiger charge is -2.17. The number of rotatable bonds is 4. The molecule has 0 aromatic heterocycles. The molecule has 0 aliphatic rings. The number of hydrogen-bond donors (Lipinski definition) is 1. The zero-order valence-electron chi connectivity index (χ0n) is 7.82. The molecule has 0 aromatic rings. The largest absolute Gasteiger partial charge is 0.314 e. The standard InChI is InChI=1S/C9H18FN/c1-5-7(2)6-9(11-4)8(3)10/h5,8-9,11H,6H2,1-4H3/b7-5+. The summed E-state index contributed by atoms with van der Waals surface area (Å²) in [7, 11) is 1.80. The van der Waals surface area contributed by atoms with Crippen LogP contribution >= 0.6 is 0 Å². The molecular weight excluding hydrogens is 141 g/mol. The molecule has 0 aliphatic heterocycles. The number of allylic oxidation sites excluding steroid dienone is 1. The van der Waals surface area contributed by atoms with Crippen LogP contribution in [0.3, 0.4) is 0 Å². The number of halogens is 1. The minimum atomic E-state index is -0.783. The Bertz CT molecular complexity index is 130. The second kappa shape index (κ2) is 5.30. The van der Waals surface area contributed by atoms with Gasteiger partial charge in [0.05, 0.1) is 0 Å². The number of nitrogens with one attached hydrogen (secondary N) is 1. The maximum atomic E-state index is 12.8. The predicted molar refractivity (Wildman–Crippen MR) is 47.5 cm³/mol. The van der Waals surface area contributed by atoms with E-state index in [0.29, 0.717) is 0 Å². The van der Waals surface area contributed by atoms with Crippen LogP contribution in [0.5, 0.6) is 0 Å². The van der Waals surface area contributed by atoms with Crippen LogP contribution in [0.15, 0.2) is 11.6 Å². The highest BCUT2D eigenvalue weighted by Crippen LogP contribution is 2.09. The molecule has 0 heterocycles. The Morgan fingerprint density at radius 2 is 2.18 bits per heavy atom. The minimum absolute atomic E-state index is 0.0359. The Labute approximate surface area is 68.7 Å². The predicted octanol–water partition coefficient (Wildman–Crippen LogP) is 2.29. The second-order valence-corrected chi connectivity index (χ2v) is 2.91. The van der Waals surface area contributed by atoms with Gasteiger partial charge in [-0.3, -0.25) is 0 Å². The van der Waals surface area contributed by atoms with Crippen molar-refractivity contribution in [1.82, 2.24) is 5.32 Å². The van der Waals surface area contributed by atoms with Crippen LogP contribution in [0.25, 0.3) is 0 Å². The smallest absolute Gasteiger partial charge is 0.113 e. The monoisotopic (exact) mass is 159 g/mol. The van der Waals surface area contributed by atoms with Crippen molar-refractivity contribution >= 4 is 0 Å². The molecule has 0 fully saturated rings. The zero-order chi connectivity index (χ0) is 8.85. The van der Waals surface area contributed by atoms with Crippen molar-refractivity contribution in [3.8, 4) is 0 Å². The van der Waals surface area contributed by atoms with E-state index in [1.807, 2.05) is 19.9 Å². The molecule has 0 saturated heterocycles. The van der Waals surface area contributed by atoms with Crippen LogP contribution in [0, 0.1) is 0 Å². The van der Waals surface area contributed by atoms with Crippen LogP contribution in [0.4, 0.5) is 4.39 Å². The Kier molecular flexibility index (Phi) is 5.12. The molecule has 1 nitrogen and oxygen atoms in total. The molecule has 0 radical (unpaired) electrons. The van der Waals surface area contributed by atoms with E-state index in [-0.39, 0.29) is 6.04 Å². The molecule has 0 rings (SSSR count). The van der Waals surface area contributed by atoms with Crippen LogP contribution in [-0.4, -0.2) is 19.3 Å². The van der Waals surface area contributed by atoms with Crippen molar-refractivity contribution in [2.45, 2.75) is 39.4 Å². The molecule has 66 valence electrons. The first kappa shape index (κ1) is 10.6. The highest BCUT2D eigenvalue weighted by atomic mass is 19.1. The van der Waals surface area contributed by atoms with Crippen LogP contribution < -0.4 is 5.32 Å². The van der Waals surface area contributed by atoms with Crippen LogP contribution in [0.1, 0.15) is 27.2 Å². The Hall–Kier alpha value is -0.370. The average Bonchev–Trinajstić information content (AvgIpc) is 1.99. The summed E-state index contributed by atoms with van der Waals surface area (Å²) in [6.07, 6.45) is 2.03. The van der Waals surface area contributed by atoms with Gasteiger partial charge in [0.2, 0.25) is 0 Å². The fourth-order valence-electron chi connectivity index (χ4n) is 0.959. The molecule has 1 N–H and O–H groups in total. The van der Waals surface area contributed by atoms with E-state index in [1.165, 1.54) is 5.57 Å². The summed E-state index contributed by atoms with van der Waals surface area (Å²) in [5.41, 5.74) is 1.23. The Morgan fingerprint density at radius 1 is 1.64 bits per heavy atom. The lowest BCUT2D eigenvalue weighted by molar-refractivity contribution is 0.277. The minimum Gasteiger partial charge on any atom is -0.314 e. The SMILES string of the molecule is C/C=C(\C)CC(NC)C(C)F. The third-order valence-corrected chi connectivity index (χ3v) is 1.96. The van der Waals surface area contributed by atoms with Gasteiger partial charge in [-0.15, -0.1) is 0 Å². The first-order chi connectivity index (χ1) is 5.11. The van der Waals surface area contributed by atoms with Crippen molar-refractivity contribution in [3.05, 3.63) is 11.6 Å². The maximum absolute atomic E-state index is 12.8. The number of hydrogen-bond acceptors (Lipinski definition) is 1. The summed E-state index contributed by atoms with van der Waals surface area (Å²) < 4.78 is 12.8. The van der Waals surface area contributed by atoms with E-state index < -0.39 is 6.17 Å². The number of alkyl halides is 1. The van der Waals surface area contributed by atoms with Gasteiger partial charge in [0, 0.05) is 6.04 Å². The second-order valence-electron chi connectivity index (χ2n) is 2.91. The van der Waals surface area contributed by atoms with Gasteiger partial charge in [-0.2, -0.15) is 0 Å². The quantitative estimate of drug-likeness (QED) is 0.620. The van der Waals surface area contributed by atoms with Gasteiger partial charge in [0.1, 0.15) is 6.17 Å². The average molecular weight is 159 g/mol.